The van der Waals surface area contributed by atoms with Crippen molar-refractivity contribution in [1.82, 2.24) is 20.9 Å². The highest BCUT2D eigenvalue weighted by Crippen LogP contribution is 2.62. The quantitative estimate of drug-likeness (QED) is 0.0351. The van der Waals surface area contributed by atoms with Crippen LogP contribution in [0.5, 0.6) is 0 Å². The molecule has 22 nitrogen and oxygen atoms in total. The summed E-state index contributed by atoms with van der Waals surface area (Å²) in [5.74, 6) is 0. The summed E-state index contributed by atoms with van der Waals surface area (Å²) in [7, 11) is -30.5. The van der Waals surface area contributed by atoms with Crippen LogP contribution in [0.3, 0.4) is 0 Å². The Kier molecular flexibility index (Phi) is 18.6. The Morgan fingerprint density at radius 2 is 0.558 bits per heavy atom. The van der Waals surface area contributed by atoms with Crippen molar-refractivity contribution < 1.29 is 86.1 Å². The molecule has 0 aromatic carbocycles. The molecule has 43 heavy (non-hydrogen) atoms. The van der Waals surface area contributed by atoms with Gasteiger partial charge in [-0.25, -0.2) is 0 Å². The van der Waals surface area contributed by atoms with Crippen LogP contribution in [0.15, 0.2) is 0 Å². The van der Waals surface area contributed by atoms with E-state index in [0.717, 1.165) is 0 Å². The van der Waals surface area contributed by atoms with E-state index in [0.29, 0.717) is 0 Å². The summed E-state index contributed by atoms with van der Waals surface area (Å²) in [6.07, 6.45) is -1.63. The molecule has 0 rings (SSSR count). The predicted octanol–water partition coefficient (Wildman–Crippen LogP) is -2.73. The third-order valence-corrected chi connectivity index (χ3v) is 17.5. The standard InChI is InChI=1S/C15H42N4O18P6/c20-38(21,22)13(39(23,24)25)1-4-16-7-10-19(11-8-17-5-2-14(40(26,27)28)41(29,30)31)12-9-18-6-3-15(42(32,33)34)43(35,36)37/h13-18H,1-12H2,(H2,20,21,22)(H2,23,24,25)(H2,26,27,28)(H2,29,30,31)(H2,32,33,34)(H2,35,36,37). The zero-order valence-electron chi connectivity index (χ0n) is 22.7. The van der Waals surface area contributed by atoms with Crippen molar-refractivity contribution in [3.05, 3.63) is 0 Å². The Bertz CT molecular complexity index is 921. The summed E-state index contributed by atoms with van der Waals surface area (Å²) in [4.78, 5) is 112. The summed E-state index contributed by atoms with van der Waals surface area (Å²) in [5, 5.41) is 1.76. The normalized spacial score (nSPS) is 14.5. The van der Waals surface area contributed by atoms with Crippen molar-refractivity contribution >= 4 is 45.6 Å². The molecular formula is C15H42N4O18P6. The van der Waals surface area contributed by atoms with Gasteiger partial charge in [0.25, 0.3) is 0 Å². The van der Waals surface area contributed by atoms with Gasteiger partial charge in [0.1, 0.15) is 0 Å². The average Bonchev–Trinajstić information content (AvgIpc) is 2.74. The summed E-state index contributed by atoms with van der Waals surface area (Å²) >= 11 is 0. The largest absolute Gasteiger partial charge is 0.340 e. The molecule has 0 amide bonds. The molecule has 0 radical (unpaired) electrons. The summed E-state index contributed by atoms with van der Waals surface area (Å²) < 4.78 is 68.3. The highest BCUT2D eigenvalue weighted by Gasteiger charge is 2.44. The second kappa shape index (κ2) is 18.3. The van der Waals surface area contributed by atoms with Crippen molar-refractivity contribution in [2.45, 2.75) is 35.5 Å². The van der Waals surface area contributed by atoms with Crippen LogP contribution >= 0.6 is 45.6 Å². The maximum absolute atomic E-state index is 11.4. The molecule has 0 heterocycles. The lowest BCUT2D eigenvalue weighted by Gasteiger charge is -2.24. The summed E-state index contributed by atoms with van der Waals surface area (Å²) in [6.45, 7) is 0.573. The molecule has 15 N–H and O–H groups in total. The number of nitrogens with one attached hydrogen (secondary N) is 3. The van der Waals surface area contributed by atoms with Gasteiger partial charge >= 0.3 is 45.6 Å². The Morgan fingerprint density at radius 1 is 0.372 bits per heavy atom. The maximum atomic E-state index is 11.4. The van der Waals surface area contributed by atoms with E-state index in [2.05, 4.69) is 16.0 Å². The van der Waals surface area contributed by atoms with E-state index in [1.54, 1.807) is 4.90 Å². The van der Waals surface area contributed by atoms with E-state index in [1.165, 1.54) is 0 Å². The smallest absolute Gasteiger partial charge is 0.324 e. The zero-order chi connectivity index (χ0) is 33.9. The van der Waals surface area contributed by atoms with Crippen molar-refractivity contribution in [1.29, 1.82) is 0 Å². The molecule has 0 saturated carbocycles. The first-order valence-corrected chi connectivity index (χ1v) is 22.4. The molecule has 0 atom stereocenters. The van der Waals surface area contributed by atoms with Crippen LogP contribution in [0.25, 0.3) is 0 Å². The Labute approximate surface area is 247 Å². The average molecular weight is 752 g/mol. The van der Waals surface area contributed by atoms with Gasteiger partial charge in [0, 0.05) is 39.3 Å². The molecule has 0 spiro atoms. The second-order valence-corrected chi connectivity index (χ2v) is 21.5. The van der Waals surface area contributed by atoms with E-state index in [4.69, 9.17) is 0 Å². The molecule has 0 aliphatic carbocycles. The van der Waals surface area contributed by atoms with E-state index < -0.39 is 81.0 Å². The van der Waals surface area contributed by atoms with Crippen LogP contribution in [0.2, 0.25) is 0 Å². The third kappa shape index (κ3) is 19.2. The van der Waals surface area contributed by atoms with Crippen LogP contribution < -0.4 is 16.0 Å². The van der Waals surface area contributed by atoms with Crippen molar-refractivity contribution in [3.8, 4) is 0 Å². The molecule has 0 fully saturated rings. The SMILES string of the molecule is O=P(O)(O)C(CCNCCN(CCNCCC(P(=O)(O)O)P(=O)(O)O)CCNCCC(P(=O)(O)O)P(=O)(O)O)P(=O)(O)O. The molecule has 0 unspecified atom stereocenters. The number of hydrogen-bond donors (Lipinski definition) is 15. The number of hydrogen-bond acceptors (Lipinski definition) is 10. The van der Waals surface area contributed by atoms with Crippen molar-refractivity contribution in [3.63, 3.8) is 0 Å². The minimum Gasteiger partial charge on any atom is -0.324 e. The highest BCUT2D eigenvalue weighted by molar-refractivity contribution is 7.71. The Hall–Kier alpha value is 0.740. The monoisotopic (exact) mass is 752 g/mol. The highest BCUT2D eigenvalue weighted by atomic mass is 31.2. The van der Waals surface area contributed by atoms with Crippen LogP contribution in [0.1, 0.15) is 19.3 Å². The third-order valence-electron chi connectivity index (χ3n) is 5.88. The summed E-state index contributed by atoms with van der Waals surface area (Å²) in [6, 6.07) is 0. The topological polar surface area (TPSA) is 385 Å². The first-order chi connectivity index (χ1) is 19.2. The zero-order valence-corrected chi connectivity index (χ0v) is 28.0. The van der Waals surface area contributed by atoms with E-state index in [9.17, 15) is 86.1 Å². The van der Waals surface area contributed by atoms with Gasteiger partial charge in [-0.3, -0.25) is 32.3 Å². The van der Waals surface area contributed by atoms with Crippen LogP contribution in [-0.2, 0) is 27.4 Å². The van der Waals surface area contributed by atoms with E-state index in [-0.39, 0.29) is 58.9 Å². The molecule has 0 aliphatic rings. The van der Waals surface area contributed by atoms with Gasteiger partial charge in [-0.1, -0.05) is 0 Å². The van der Waals surface area contributed by atoms with Gasteiger partial charge in [0.2, 0.25) is 0 Å². The first-order valence-electron chi connectivity index (χ1n) is 12.3. The number of rotatable bonds is 24. The predicted molar refractivity (Wildman–Crippen MR) is 153 cm³/mol. The first kappa shape index (κ1) is 43.7. The lowest BCUT2D eigenvalue weighted by molar-refractivity contribution is 0.270. The Balaban J connectivity index is 5.02. The van der Waals surface area contributed by atoms with Gasteiger partial charge in [0.05, 0.1) is 0 Å². The molecule has 0 aliphatic heterocycles. The fourth-order valence-electron chi connectivity index (χ4n) is 3.71. The van der Waals surface area contributed by atoms with Crippen LogP contribution in [-0.4, -0.2) is 139 Å². The van der Waals surface area contributed by atoms with Gasteiger partial charge in [0.15, 0.2) is 16.2 Å². The lowest BCUT2D eigenvalue weighted by atomic mass is 10.4. The minimum absolute atomic E-state index is 0.145. The van der Waals surface area contributed by atoms with Crippen LogP contribution in [0, 0.1) is 0 Å². The lowest BCUT2D eigenvalue weighted by Crippen LogP contribution is -2.41. The minimum atomic E-state index is -5.09. The van der Waals surface area contributed by atoms with Gasteiger partial charge < -0.3 is 74.7 Å². The summed E-state index contributed by atoms with van der Waals surface area (Å²) in [5.41, 5.74) is 0. The van der Waals surface area contributed by atoms with Gasteiger partial charge in [-0.2, -0.15) is 0 Å². The maximum Gasteiger partial charge on any atom is 0.340 e. The fourth-order valence-corrected chi connectivity index (χ4v) is 11.2. The molecule has 0 saturated heterocycles. The molecule has 260 valence electrons. The van der Waals surface area contributed by atoms with Crippen molar-refractivity contribution in [2.24, 2.45) is 0 Å². The van der Waals surface area contributed by atoms with E-state index >= 15 is 0 Å². The molecule has 0 aromatic heterocycles. The van der Waals surface area contributed by atoms with Gasteiger partial charge in [-0.15, -0.1) is 0 Å². The molecular weight excluding hydrogens is 710 g/mol. The van der Waals surface area contributed by atoms with Crippen molar-refractivity contribution in [2.75, 3.05) is 58.9 Å². The van der Waals surface area contributed by atoms with Crippen LogP contribution in [0.4, 0.5) is 0 Å². The number of nitrogens with zero attached hydrogens (tertiary/aromatic N) is 1. The van der Waals surface area contributed by atoms with Gasteiger partial charge in [-0.05, 0) is 38.9 Å². The molecule has 28 heteroatoms. The fraction of sp³-hybridized carbons (Fsp3) is 1.00. The molecule has 0 aromatic rings. The molecule has 0 bridgehead atoms. The Morgan fingerprint density at radius 3 is 0.721 bits per heavy atom. The van der Waals surface area contributed by atoms with E-state index in [1.807, 2.05) is 0 Å². The second-order valence-electron chi connectivity index (χ2n) is 9.43.